The van der Waals surface area contributed by atoms with Gasteiger partial charge in [-0.15, -0.1) is 0 Å². The summed E-state index contributed by atoms with van der Waals surface area (Å²) >= 11 is 0. The van der Waals surface area contributed by atoms with Crippen molar-refractivity contribution in [2.75, 3.05) is 19.6 Å². The zero-order valence-corrected chi connectivity index (χ0v) is 21.0. The number of hydrogen-bond donors (Lipinski definition) is 2. The summed E-state index contributed by atoms with van der Waals surface area (Å²) in [7, 11) is 0. The molecule has 1 atom stereocenters. The van der Waals surface area contributed by atoms with Gasteiger partial charge in [-0.2, -0.15) is 5.10 Å². The lowest BCUT2D eigenvalue weighted by molar-refractivity contribution is 0.160. The molecule has 1 saturated heterocycles. The molecular weight excluding hydrogens is 466 g/mol. The molecule has 0 aliphatic carbocycles. The van der Waals surface area contributed by atoms with E-state index in [0.717, 1.165) is 84.0 Å². The lowest BCUT2D eigenvalue weighted by Crippen LogP contribution is -2.52. The second-order valence-corrected chi connectivity index (χ2v) is 9.90. The number of H-pyrrole nitrogens is 1. The van der Waals surface area contributed by atoms with Gasteiger partial charge in [0, 0.05) is 72.4 Å². The zero-order valence-electron chi connectivity index (χ0n) is 21.0. The van der Waals surface area contributed by atoms with Gasteiger partial charge in [-0.25, -0.2) is 4.79 Å². The van der Waals surface area contributed by atoms with E-state index in [0.29, 0.717) is 13.1 Å². The molecule has 0 unspecified atom stereocenters. The third kappa shape index (κ3) is 4.86. The fraction of sp³-hybridized carbons (Fsp3) is 0.357. The van der Waals surface area contributed by atoms with Gasteiger partial charge >= 0.3 is 6.03 Å². The molecule has 0 bridgehead atoms. The van der Waals surface area contributed by atoms with E-state index >= 15 is 0 Å². The number of aromatic amines is 1. The van der Waals surface area contributed by atoms with Crippen molar-refractivity contribution < 1.29 is 9.32 Å². The topological polar surface area (TPSA) is 103 Å². The number of pyridine rings is 1. The van der Waals surface area contributed by atoms with Gasteiger partial charge in [-0.3, -0.25) is 15.0 Å². The smallest absolute Gasteiger partial charge is 0.317 e. The van der Waals surface area contributed by atoms with Crippen molar-refractivity contribution in [3.63, 3.8) is 0 Å². The summed E-state index contributed by atoms with van der Waals surface area (Å²) in [5, 5.41) is 15.2. The molecule has 3 aromatic heterocycles. The van der Waals surface area contributed by atoms with Crippen molar-refractivity contribution in [1.82, 2.24) is 35.5 Å². The average Bonchev–Trinajstić information content (AvgIpc) is 3.53. The molecule has 2 aliphatic rings. The minimum atomic E-state index is -0.00879. The molecular formula is C28H31N7O2. The Labute approximate surface area is 215 Å². The summed E-state index contributed by atoms with van der Waals surface area (Å²) in [6, 6.07) is 14.1. The Kier molecular flexibility index (Phi) is 6.44. The van der Waals surface area contributed by atoms with E-state index in [2.05, 4.69) is 30.6 Å². The van der Waals surface area contributed by atoms with Crippen LogP contribution in [0.5, 0.6) is 0 Å². The van der Waals surface area contributed by atoms with Crippen LogP contribution < -0.4 is 5.32 Å². The average molecular weight is 498 g/mol. The van der Waals surface area contributed by atoms with E-state index in [9.17, 15) is 4.79 Å². The monoisotopic (exact) mass is 497 g/mol. The number of amides is 2. The predicted octanol–water partition coefficient (Wildman–Crippen LogP) is 4.17. The quantitative estimate of drug-likeness (QED) is 0.429. The van der Waals surface area contributed by atoms with Gasteiger partial charge in [0.15, 0.2) is 5.76 Å². The number of urea groups is 1. The summed E-state index contributed by atoms with van der Waals surface area (Å²) in [5.41, 5.74) is 7.18. The van der Waals surface area contributed by atoms with Gasteiger partial charge in [0.05, 0.1) is 17.9 Å². The number of nitrogens with one attached hydrogen (secondary N) is 2. The number of fused-ring (bicyclic) bond motifs is 1. The second-order valence-electron chi connectivity index (χ2n) is 9.90. The highest BCUT2D eigenvalue weighted by molar-refractivity contribution is 5.76. The summed E-state index contributed by atoms with van der Waals surface area (Å²) in [5.74, 6) is 0.832. The lowest BCUT2D eigenvalue weighted by atomic mass is 10.0. The molecule has 9 nitrogen and oxygen atoms in total. The molecule has 2 aliphatic heterocycles. The largest absolute Gasteiger partial charge is 0.356 e. The molecule has 37 heavy (non-hydrogen) atoms. The molecule has 5 heterocycles. The maximum atomic E-state index is 13.3. The summed E-state index contributed by atoms with van der Waals surface area (Å²) in [6.07, 6.45) is 6.31. The fourth-order valence-electron chi connectivity index (χ4n) is 5.41. The first kappa shape index (κ1) is 23.4. The minimum Gasteiger partial charge on any atom is -0.356 e. The van der Waals surface area contributed by atoms with Crippen LogP contribution in [-0.2, 0) is 19.5 Å². The van der Waals surface area contributed by atoms with Crippen LogP contribution in [0.2, 0.25) is 0 Å². The molecule has 0 radical (unpaired) electrons. The number of likely N-dealkylation sites (tertiary alicyclic amines) is 1. The van der Waals surface area contributed by atoms with E-state index in [4.69, 9.17) is 4.52 Å². The predicted molar refractivity (Wildman–Crippen MR) is 139 cm³/mol. The van der Waals surface area contributed by atoms with Gasteiger partial charge in [0.1, 0.15) is 0 Å². The number of nitrogens with zero attached hydrogens (tertiary/aromatic N) is 5. The molecule has 4 aromatic rings. The van der Waals surface area contributed by atoms with Crippen molar-refractivity contribution in [3.05, 3.63) is 77.4 Å². The summed E-state index contributed by atoms with van der Waals surface area (Å²) in [6.45, 7) is 5.76. The molecule has 6 rings (SSSR count). The number of hydrogen-bond acceptors (Lipinski definition) is 6. The van der Waals surface area contributed by atoms with Crippen LogP contribution in [-0.4, -0.2) is 61.8 Å². The Bertz CT molecular complexity index is 1370. The van der Waals surface area contributed by atoms with Gasteiger partial charge in [-0.05, 0) is 38.4 Å². The van der Waals surface area contributed by atoms with E-state index in [1.807, 2.05) is 54.3 Å². The molecule has 1 aromatic carbocycles. The van der Waals surface area contributed by atoms with Gasteiger partial charge in [0.2, 0.25) is 0 Å². The normalized spacial score (nSPS) is 18.0. The Morgan fingerprint density at radius 3 is 2.81 bits per heavy atom. The molecule has 2 amide bonds. The first-order valence-corrected chi connectivity index (χ1v) is 12.9. The van der Waals surface area contributed by atoms with Gasteiger partial charge in [0.25, 0.3) is 0 Å². The number of aromatic nitrogens is 4. The van der Waals surface area contributed by atoms with Crippen LogP contribution in [0.3, 0.4) is 0 Å². The van der Waals surface area contributed by atoms with Crippen LogP contribution in [0.4, 0.5) is 4.79 Å². The molecule has 0 saturated carbocycles. The lowest BCUT2D eigenvalue weighted by Gasteiger charge is -2.35. The maximum absolute atomic E-state index is 13.3. The Balaban J connectivity index is 1.10. The Morgan fingerprint density at radius 2 is 1.97 bits per heavy atom. The first-order chi connectivity index (χ1) is 18.2. The number of aryl methyl sites for hydroxylation is 1. The van der Waals surface area contributed by atoms with E-state index < -0.39 is 0 Å². The molecule has 190 valence electrons. The molecule has 2 N–H and O–H groups in total. The van der Waals surface area contributed by atoms with Gasteiger partial charge < -0.3 is 14.7 Å². The van der Waals surface area contributed by atoms with Crippen LogP contribution >= 0.6 is 0 Å². The second kappa shape index (κ2) is 10.2. The zero-order chi connectivity index (χ0) is 25.2. The van der Waals surface area contributed by atoms with Gasteiger partial charge in [-0.1, -0.05) is 35.5 Å². The minimum absolute atomic E-state index is 0.00879. The van der Waals surface area contributed by atoms with Crippen molar-refractivity contribution in [3.8, 4) is 22.6 Å². The molecule has 1 fully saturated rings. The summed E-state index contributed by atoms with van der Waals surface area (Å²) in [4.78, 5) is 21.7. The van der Waals surface area contributed by atoms with Crippen molar-refractivity contribution in [2.45, 2.75) is 45.3 Å². The van der Waals surface area contributed by atoms with Crippen molar-refractivity contribution in [1.29, 1.82) is 0 Å². The standard InChI is InChI=1S/C28H31N7O2/c1-19-23(27(37-33-19)21-6-3-2-4-7-21)17-34-14-5-8-22(16-34)30-28(36)35-15-11-25-24(18-35)26(32-31-25)20-9-12-29-13-10-20/h2-4,6-7,9-10,12-13,22H,5,8,11,14-18H2,1H3,(H,30,36)(H,31,32)/t22-/m1/s1. The number of rotatable bonds is 5. The third-order valence-electron chi connectivity index (χ3n) is 7.41. The molecule has 0 spiro atoms. The Morgan fingerprint density at radius 1 is 1.14 bits per heavy atom. The maximum Gasteiger partial charge on any atom is 0.317 e. The van der Waals surface area contributed by atoms with Crippen molar-refractivity contribution >= 4 is 6.03 Å². The fourth-order valence-corrected chi connectivity index (χ4v) is 5.41. The number of carbonyl (C=O) groups is 1. The first-order valence-electron chi connectivity index (χ1n) is 12.9. The highest BCUT2D eigenvalue weighted by atomic mass is 16.5. The van der Waals surface area contributed by atoms with Crippen molar-refractivity contribution in [2.24, 2.45) is 0 Å². The number of piperidine rings is 1. The van der Waals surface area contributed by atoms with E-state index in [1.54, 1.807) is 12.4 Å². The van der Waals surface area contributed by atoms with Crippen LogP contribution in [0, 0.1) is 6.92 Å². The van der Waals surface area contributed by atoms with Crippen LogP contribution in [0.1, 0.15) is 35.4 Å². The number of carbonyl (C=O) groups excluding carboxylic acids is 1. The number of benzene rings is 1. The summed E-state index contributed by atoms with van der Waals surface area (Å²) < 4.78 is 5.69. The SMILES string of the molecule is Cc1noc(-c2ccccc2)c1CN1CCC[C@@H](NC(=O)N2CCc3[nH]nc(-c4ccncc4)c3C2)C1. The van der Waals surface area contributed by atoms with Crippen LogP contribution in [0.15, 0.2) is 59.4 Å². The highest BCUT2D eigenvalue weighted by Crippen LogP contribution is 2.29. The Hall–Kier alpha value is -3.98. The van der Waals surface area contributed by atoms with Crippen LogP contribution in [0.25, 0.3) is 22.6 Å². The van der Waals surface area contributed by atoms with E-state index in [-0.39, 0.29) is 12.1 Å². The molecule has 9 heteroatoms. The third-order valence-corrected chi connectivity index (χ3v) is 7.41. The highest BCUT2D eigenvalue weighted by Gasteiger charge is 2.29. The van der Waals surface area contributed by atoms with E-state index in [1.165, 1.54) is 0 Å².